The average Bonchev–Trinajstić information content (AvgIpc) is 3.14. The highest BCUT2D eigenvalue weighted by Crippen LogP contribution is 2.33. The van der Waals surface area contributed by atoms with Crippen LogP contribution in [-0.4, -0.2) is 21.5 Å². The molecule has 0 aromatic heterocycles. The number of sulfonamides is 1. The van der Waals surface area contributed by atoms with Crippen LogP contribution >= 0.6 is 0 Å². The van der Waals surface area contributed by atoms with Crippen molar-refractivity contribution in [2.24, 2.45) is 5.92 Å². The van der Waals surface area contributed by atoms with Gasteiger partial charge < -0.3 is 5.32 Å². The molecular formula is C15H24N2O2S. The number of hydrogen-bond acceptors (Lipinski definition) is 3. The third-order valence-electron chi connectivity index (χ3n) is 3.66. The van der Waals surface area contributed by atoms with Gasteiger partial charge in [-0.15, -0.1) is 0 Å². The smallest absolute Gasteiger partial charge is 0.241 e. The Bertz CT molecular complexity index is 565. The molecule has 0 spiro atoms. The Hall–Kier alpha value is -0.910. The third kappa shape index (κ3) is 4.04. The Morgan fingerprint density at radius 3 is 2.65 bits per heavy atom. The molecule has 20 heavy (non-hydrogen) atoms. The minimum absolute atomic E-state index is 0.000133. The molecule has 0 bridgehead atoms. The summed E-state index contributed by atoms with van der Waals surface area (Å²) in [6.07, 6.45) is 3.42. The van der Waals surface area contributed by atoms with Gasteiger partial charge in [-0.05, 0) is 50.4 Å². The van der Waals surface area contributed by atoms with Crippen molar-refractivity contribution in [3.63, 3.8) is 0 Å². The summed E-state index contributed by atoms with van der Waals surface area (Å²) in [5, 5.41) is 3.04. The first-order valence-corrected chi connectivity index (χ1v) is 8.67. The topological polar surface area (TPSA) is 58.2 Å². The second-order valence-electron chi connectivity index (χ2n) is 5.83. The van der Waals surface area contributed by atoms with Gasteiger partial charge >= 0.3 is 0 Å². The molecule has 0 radical (unpaired) electrons. The van der Waals surface area contributed by atoms with Gasteiger partial charge in [0.25, 0.3) is 0 Å². The van der Waals surface area contributed by atoms with Crippen molar-refractivity contribution < 1.29 is 8.42 Å². The highest BCUT2D eigenvalue weighted by atomic mass is 32.2. The van der Waals surface area contributed by atoms with Crippen LogP contribution in [0.4, 0.5) is 0 Å². The van der Waals surface area contributed by atoms with Crippen molar-refractivity contribution in [1.82, 2.24) is 10.0 Å². The first-order valence-electron chi connectivity index (χ1n) is 7.19. The molecule has 0 saturated heterocycles. The van der Waals surface area contributed by atoms with Gasteiger partial charge in [-0.2, -0.15) is 0 Å². The summed E-state index contributed by atoms with van der Waals surface area (Å²) >= 11 is 0. The predicted molar refractivity (Wildman–Crippen MR) is 81.1 cm³/mol. The Balaban J connectivity index is 2.16. The lowest BCUT2D eigenvalue weighted by molar-refractivity contribution is 0.529. The summed E-state index contributed by atoms with van der Waals surface area (Å²) in [5.74, 6) is 0.712. The second kappa shape index (κ2) is 6.24. The number of rotatable bonds is 7. The molecule has 2 rings (SSSR count). The van der Waals surface area contributed by atoms with Crippen molar-refractivity contribution in [1.29, 1.82) is 0 Å². The summed E-state index contributed by atoms with van der Waals surface area (Å²) in [4.78, 5) is 0.396. The summed E-state index contributed by atoms with van der Waals surface area (Å²) in [5.41, 5.74) is 1.77. The van der Waals surface area contributed by atoms with E-state index in [1.165, 1.54) is 12.8 Å². The molecule has 1 atom stereocenters. The molecule has 2 N–H and O–H groups in total. The lowest BCUT2D eigenvalue weighted by Gasteiger charge is -2.16. The third-order valence-corrected chi connectivity index (χ3v) is 5.39. The molecule has 1 aromatic rings. The van der Waals surface area contributed by atoms with E-state index in [0.717, 1.165) is 17.5 Å². The largest absolute Gasteiger partial charge is 0.316 e. The van der Waals surface area contributed by atoms with Crippen LogP contribution in [-0.2, 0) is 16.6 Å². The van der Waals surface area contributed by atoms with E-state index in [1.807, 2.05) is 33.0 Å². The molecule has 1 fully saturated rings. The van der Waals surface area contributed by atoms with Crippen LogP contribution in [0.25, 0.3) is 0 Å². The SMILES string of the molecule is CNCc1ccc(C)c(S(=O)(=O)NC(C)CC2CC2)c1. The fourth-order valence-electron chi connectivity index (χ4n) is 2.48. The highest BCUT2D eigenvalue weighted by Gasteiger charge is 2.26. The van der Waals surface area contributed by atoms with Crippen LogP contribution in [0.1, 0.15) is 37.3 Å². The molecule has 4 nitrogen and oxygen atoms in total. The van der Waals surface area contributed by atoms with Crippen LogP contribution in [0.15, 0.2) is 23.1 Å². The Labute approximate surface area is 122 Å². The molecule has 112 valence electrons. The van der Waals surface area contributed by atoms with Gasteiger partial charge in [0.05, 0.1) is 4.90 Å². The van der Waals surface area contributed by atoms with Gasteiger partial charge in [-0.3, -0.25) is 0 Å². The Morgan fingerprint density at radius 1 is 1.35 bits per heavy atom. The predicted octanol–water partition coefficient (Wildman–Crippen LogP) is 2.18. The zero-order valence-electron chi connectivity index (χ0n) is 12.4. The van der Waals surface area contributed by atoms with Crippen molar-refractivity contribution in [3.05, 3.63) is 29.3 Å². The molecule has 1 aliphatic carbocycles. The van der Waals surface area contributed by atoms with Gasteiger partial charge in [-0.1, -0.05) is 25.0 Å². The maximum atomic E-state index is 12.5. The van der Waals surface area contributed by atoms with Crippen molar-refractivity contribution in [2.75, 3.05) is 7.05 Å². The zero-order chi connectivity index (χ0) is 14.8. The van der Waals surface area contributed by atoms with Crippen molar-refractivity contribution >= 4 is 10.0 Å². The average molecular weight is 296 g/mol. The maximum absolute atomic E-state index is 12.5. The fraction of sp³-hybridized carbons (Fsp3) is 0.600. The van der Waals surface area contributed by atoms with Crippen LogP contribution in [0.5, 0.6) is 0 Å². The minimum Gasteiger partial charge on any atom is -0.316 e. The van der Waals surface area contributed by atoms with Crippen LogP contribution in [0.2, 0.25) is 0 Å². The highest BCUT2D eigenvalue weighted by molar-refractivity contribution is 7.89. The molecule has 0 amide bonds. The summed E-state index contributed by atoms with van der Waals surface area (Å²) in [6.45, 7) is 4.45. The molecule has 1 aliphatic rings. The monoisotopic (exact) mass is 296 g/mol. The molecule has 1 aromatic carbocycles. The molecule has 0 aliphatic heterocycles. The lowest BCUT2D eigenvalue weighted by atomic mass is 10.1. The summed E-state index contributed by atoms with van der Waals surface area (Å²) in [7, 11) is -1.58. The van der Waals surface area contributed by atoms with E-state index in [1.54, 1.807) is 6.07 Å². The van der Waals surface area contributed by atoms with Gasteiger partial charge in [-0.25, -0.2) is 13.1 Å². The Morgan fingerprint density at radius 2 is 2.05 bits per heavy atom. The number of aryl methyl sites for hydroxylation is 1. The summed E-state index contributed by atoms with van der Waals surface area (Å²) < 4.78 is 27.8. The van der Waals surface area contributed by atoms with Crippen LogP contribution in [0, 0.1) is 12.8 Å². The lowest BCUT2D eigenvalue weighted by Crippen LogP contribution is -2.33. The standard InChI is InChI=1S/C15H24N2O2S/c1-11-4-5-14(10-16-3)9-15(11)20(18,19)17-12(2)8-13-6-7-13/h4-5,9,12-13,16-17H,6-8,10H2,1-3H3. The number of hydrogen-bond donors (Lipinski definition) is 2. The maximum Gasteiger partial charge on any atom is 0.241 e. The quantitative estimate of drug-likeness (QED) is 0.811. The van der Waals surface area contributed by atoms with Gasteiger partial charge in [0.1, 0.15) is 0 Å². The molecular weight excluding hydrogens is 272 g/mol. The second-order valence-corrected chi connectivity index (χ2v) is 7.51. The van der Waals surface area contributed by atoms with Gasteiger partial charge in [0, 0.05) is 12.6 Å². The van der Waals surface area contributed by atoms with Gasteiger partial charge in [0.15, 0.2) is 0 Å². The number of benzene rings is 1. The van der Waals surface area contributed by atoms with E-state index in [0.29, 0.717) is 17.4 Å². The Kier molecular flexibility index (Phi) is 4.83. The minimum atomic E-state index is -3.43. The molecule has 5 heteroatoms. The first-order chi connectivity index (χ1) is 9.42. The molecule has 1 saturated carbocycles. The molecule has 0 heterocycles. The fourth-order valence-corrected chi connectivity index (χ4v) is 4.03. The normalized spacial score (nSPS) is 17.1. The zero-order valence-corrected chi connectivity index (χ0v) is 13.3. The van der Waals surface area contributed by atoms with E-state index < -0.39 is 10.0 Å². The van der Waals surface area contributed by atoms with Crippen molar-refractivity contribution in [2.45, 2.75) is 50.6 Å². The number of nitrogens with one attached hydrogen (secondary N) is 2. The van der Waals surface area contributed by atoms with E-state index in [2.05, 4.69) is 10.0 Å². The van der Waals surface area contributed by atoms with Crippen molar-refractivity contribution in [3.8, 4) is 0 Å². The van der Waals surface area contributed by atoms with E-state index >= 15 is 0 Å². The molecule has 1 unspecified atom stereocenters. The summed E-state index contributed by atoms with van der Waals surface area (Å²) in [6, 6.07) is 5.59. The van der Waals surface area contributed by atoms with E-state index in [9.17, 15) is 8.42 Å². The van der Waals surface area contributed by atoms with Gasteiger partial charge in [0.2, 0.25) is 10.0 Å². The van der Waals surface area contributed by atoms with Crippen LogP contribution in [0.3, 0.4) is 0 Å². The van der Waals surface area contributed by atoms with E-state index in [-0.39, 0.29) is 6.04 Å². The van der Waals surface area contributed by atoms with E-state index in [4.69, 9.17) is 0 Å². The first kappa shape index (κ1) is 15.5. The van der Waals surface area contributed by atoms with Crippen LogP contribution < -0.4 is 10.0 Å².